The first kappa shape index (κ1) is 17.0. The van der Waals surface area contributed by atoms with Crippen molar-refractivity contribution in [3.05, 3.63) is 47.2 Å². The topological polar surface area (TPSA) is 55.4 Å². The molecule has 5 atom stereocenters. The molecule has 0 spiro atoms. The maximum absolute atomic E-state index is 6.25. The van der Waals surface area contributed by atoms with Crippen LogP contribution in [0.3, 0.4) is 0 Å². The van der Waals surface area contributed by atoms with Gasteiger partial charge in [0, 0.05) is 31.3 Å². The first-order valence-corrected chi connectivity index (χ1v) is 8.81. The molecule has 0 N–H and O–H groups in total. The Labute approximate surface area is 147 Å². The Kier molecular flexibility index (Phi) is 5.05. The van der Waals surface area contributed by atoms with Gasteiger partial charge in [0.15, 0.2) is 18.3 Å². The molecule has 1 saturated heterocycles. The molecule has 0 aromatic heterocycles. The lowest BCUT2D eigenvalue weighted by Crippen LogP contribution is -2.51. The predicted molar refractivity (Wildman–Crippen MR) is 88.4 cm³/mol. The van der Waals surface area contributed by atoms with Crippen molar-refractivity contribution in [3.63, 3.8) is 0 Å². The molecule has 0 amide bonds. The van der Waals surface area contributed by atoms with Crippen LogP contribution >= 0.6 is 0 Å². The first-order chi connectivity index (χ1) is 12.3. The Morgan fingerprint density at radius 3 is 2.76 bits per heavy atom. The van der Waals surface area contributed by atoms with Gasteiger partial charge in [-0.1, -0.05) is 30.3 Å². The Morgan fingerprint density at radius 1 is 1.16 bits per heavy atom. The monoisotopic (exact) mass is 348 g/mol. The maximum Gasteiger partial charge on any atom is 0.216 e. The third-order valence-corrected chi connectivity index (χ3v) is 4.74. The number of fused-ring (bicyclic) bond motifs is 2. The summed E-state index contributed by atoms with van der Waals surface area (Å²) >= 11 is 0. The van der Waals surface area contributed by atoms with E-state index in [1.54, 1.807) is 7.11 Å². The van der Waals surface area contributed by atoms with Gasteiger partial charge in [-0.15, -0.1) is 0 Å². The van der Waals surface area contributed by atoms with Crippen molar-refractivity contribution in [2.45, 2.75) is 50.8 Å². The van der Waals surface area contributed by atoms with Gasteiger partial charge in [0.25, 0.3) is 0 Å². The van der Waals surface area contributed by atoms with E-state index in [1.807, 2.05) is 37.3 Å². The van der Waals surface area contributed by atoms with E-state index in [0.29, 0.717) is 19.0 Å². The molecule has 0 radical (unpaired) electrons. The molecule has 1 aromatic carbocycles. The molecule has 1 aromatic rings. The number of hydrogen-bond acceptors (Lipinski definition) is 6. The summed E-state index contributed by atoms with van der Waals surface area (Å²) in [6, 6.07) is 9.95. The standard InChI is InChI=1S/C19H24O6/c1-3-21-15-10-9-13-16-14(23-19(20-2)17(13)24-15)11-22-18(25-16)12-7-5-4-6-8-12/h4-8,14-16,18-19H,3,9-11H2,1-2H3/t14-,15?,16+,18-,19+/m1/s1. The molecule has 1 unspecified atom stereocenters. The summed E-state index contributed by atoms with van der Waals surface area (Å²) in [7, 11) is 1.61. The zero-order valence-corrected chi connectivity index (χ0v) is 14.6. The predicted octanol–water partition coefficient (Wildman–Crippen LogP) is 2.90. The van der Waals surface area contributed by atoms with E-state index in [0.717, 1.165) is 24.0 Å². The minimum Gasteiger partial charge on any atom is -0.464 e. The van der Waals surface area contributed by atoms with Gasteiger partial charge in [0.1, 0.15) is 12.2 Å². The van der Waals surface area contributed by atoms with Crippen molar-refractivity contribution in [1.29, 1.82) is 0 Å². The van der Waals surface area contributed by atoms with Gasteiger partial charge in [-0.25, -0.2) is 0 Å². The summed E-state index contributed by atoms with van der Waals surface area (Å²) in [5, 5.41) is 0. The molecule has 136 valence electrons. The molecule has 6 nitrogen and oxygen atoms in total. The lowest BCUT2D eigenvalue weighted by Gasteiger charge is -2.45. The van der Waals surface area contributed by atoms with Crippen LogP contribution in [0.4, 0.5) is 0 Å². The summed E-state index contributed by atoms with van der Waals surface area (Å²) in [4.78, 5) is 0. The van der Waals surface area contributed by atoms with Crippen LogP contribution in [0, 0.1) is 0 Å². The second-order valence-corrected chi connectivity index (χ2v) is 6.31. The van der Waals surface area contributed by atoms with Gasteiger partial charge in [-0.2, -0.15) is 0 Å². The fourth-order valence-electron chi connectivity index (χ4n) is 3.58. The van der Waals surface area contributed by atoms with Gasteiger partial charge in [0.05, 0.1) is 6.61 Å². The molecule has 1 fully saturated rings. The van der Waals surface area contributed by atoms with E-state index >= 15 is 0 Å². The van der Waals surface area contributed by atoms with Crippen molar-refractivity contribution in [3.8, 4) is 0 Å². The summed E-state index contributed by atoms with van der Waals surface area (Å²) in [5.74, 6) is 0.696. The number of rotatable bonds is 4. The second kappa shape index (κ2) is 7.43. The van der Waals surface area contributed by atoms with E-state index in [1.165, 1.54) is 0 Å². The van der Waals surface area contributed by atoms with Crippen LogP contribution in [0.5, 0.6) is 0 Å². The largest absolute Gasteiger partial charge is 0.464 e. The van der Waals surface area contributed by atoms with Gasteiger partial charge in [0.2, 0.25) is 6.29 Å². The number of hydrogen-bond donors (Lipinski definition) is 0. The van der Waals surface area contributed by atoms with Crippen molar-refractivity contribution < 1.29 is 28.4 Å². The fraction of sp³-hybridized carbons (Fsp3) is 0.579. The fourth-order valence-corrected chi connectivity index (χ4v) is 3.58. The smallest absolute Gasteiger partial charge is 0.216 e. The summed E-state index contributed by atoms with van der Waals surface area (Å²) in [5.41, 5.74) is 2.10. The molecule has 3 aliphatic heterocycles. The number of benzene rings is 1. The molecule has 0 bridgehead atoms. The zero-order valence-electron chi connectivity index (χ0n) is 14.6. The molecule has 0 aliphatic carbocycles. The Bertz CT molecular complexity index is 616. The van der Waals surface area contributed by atoms with E-state index < -0.39 is 12.6 Å². The lowest BCUT2D eigenvalue weighted by atomic mass is 9.93. The van der Waals surface area contributed by atoms with Crippen LogP contribution in [0.15, 0.2) is 41.7 Å². The summed E-state index contributed by atoms with van der Waals surface area (Å²) in [6.07, 6.45) is 0.0481. The number of methoxy groups -OCH3 is 1. The second-order valence-electron chi connectivity index (χ2n) is 6.31. The first-order valence-electron chi connectivity index (χ1n) is 8.81. The van der Waals surface area contributed by atoms with Crippen LogP contribution in [0.25, 0.3) is 0 Å². The van der Waals surface area contributed by atoms with Crippen molar-refractivity contribution in [2.24, 2.45) is 0 Å². The molecule has 4 rings (SSSR count). The van der Waals surface area contributed by atoms with Crippen LogP contribution in [0.1, 0.15) is 31.6 Å². The van der Waals surface area contributed by atoms with Crippen LogP contribution in [-0.2, 0) is 28.4 Å². The molecule has 3 aliphatic rings. The van der Waals surface area contributed by atoms with E-state index in [2.05, 4.69) is 0 Å². The van der Waals surface area contributed by atoms with E-state index in [-0.39, 0.29) is 18.5 Å². The molecule has 6 heteroatoms. The Hall–Kier alpha value is -1.44. The SMILES string of the molecule is CCOC1CCC2=C(O1)[C@@H](OC)O[C@@H]1CO[C@@H](c3ccccc3)O[C@@H]21. The lowest BCUT2D eigenvalue weighted by molar-refractivity contribution is -0.301. The van der Waals surface area contributed by atoms with E-state index in [9.17, 15) is 0 Å². The number of ether oxygens (including phenoxy) is 6. The average Bonchev–Trinajstić information content (AvgIpc) is 2.67. The highest BCUT2D eigenvalue weighted by Crippen LogP contribution is 2.41. The zero-order chi connectivity index (χ0) is 17.2. The normalized spacial score (nSPS) is 34.9. The molecule has 0 saturated carbocycles. The van der Waals surface area contributed by atoms with Gasteiger partial charge < -0.3 is 28.4 Å². The highest BCUT2D eigenvalue weighted by Gasteiger charge is 2.46. The van der Waals surface area contributed by atoms with Gasteiger partial charge in [-0.05, 0) is 13.3 Å². The van der Waals surface area contributed by atoms with Gasteiger partial charge in [-0.3, -0.25) is 0 Å². The maximum atomic E-state index is 6.25. The van der Waals surface area contributed by atoms with Crippen molar-refractivity contribution in [1.82, 2.24) is 0 Å². The molecule has 3 heterocycles. The minimum atomic E-state index is -0.542. The van der Waals surface area contributed by atoms with Crippen LogP contribution < -0.4 is 0 Å². The third-order valence-electron chi connectivity index (χ3n) is 4.74. The molecule has 25 heavy (non-hydrogen) atoms. The van der Waals surface area contributed by atoms with Gasteiger partial charge >= 0.3 is 0 Å². The quantitative estimate of drug-likeness (QED) is 0.834. The van der Waals surface area contributed by atoms with Crippen molar-refractivity contribution >= 4 is 0 Å². The van der Waals surface area contributed by atoms with E-state index in [4.69, 9.17) is 28.4 Å². The summed E-state index contributed by atoms with van der Waals surface area (Å²) < 4.78 is 35.2. The highest BCUT2D eigenvalue weighted by molar-refractivity contribution is 5.25. The minimum absolute atomic E-state index is 0.192. The molecular formula is C19H24O6. The van der Waals surface area contributed by atoms with Crippen LogP contribution in [-0.4, -0.2) is 45.1 Å². The Morgan fingerprint density at radius 2 is 2.00 bits per heavy atom. The third kappa shape index (κ3) is 3.32. The van der Waals surface area contributed by atoms with Crippen molar-refractivity contribution in [2.75, 3.05) is 20.3 Å². The summed E-state index contributed by atoms with van der Waals surface area (Å²) in [6.45, 7) is 3.02. The highest BCUT2D eigenvalue weighted by atomic mass is 16.8. The average molecular weight is 348 g/mol. The molecular weight excluding hydrogens is 324 g/mol. The van der Waals surface area contributed by atoms with Crippen LogP contribution in [0.2, 0.25) is 0 Å². The Balaban J connectivity index is 1.58.